The molecule has 28 heavy (non-hydrogen) atoms. The number of hydrogen-bond acceptors (Lipinski definition) is 4. The Morgan fingerprint density at radius 2 is 2.00 bits per heavy atom. The van der Waals surface area contributed by atoms with Crippen LogP contribution >= 0.6 is 0 Å². The second kappa shape index (κ2) is 8.17. The minimum atomic E-state index is -0.243. The van der Waals surface area contributed by atoms with Crippen molar-refractivity contribution in [3.05, 3.63) is 59.7 Å². The predicted octanol–water partition coefficient (Wildman–Crippen LogP) is 3.59. The van der Waals surface area contributed by atoms with E-state index in [1.165, 1.54) is 0 Å². The Morgan fingerprint density at radius 3 is 2.64 bits per heavy atom. The minimum absolute atomic E-state index is 0.0237. The number of hydrogen-bond donors (Lipinski definition) is 1. The van der Waals surface area contributed by atoms with Gasteiger partial charge in [0.05, 0.1) is 14.2 Å². The molecule has 3 rings (SSSR count). The summed E-state index contributed by atoms with van der Waals surface area (Å²) in [6, 6.07) is 9.04. The molecule has 1 heterocycles. The van der Waals surface area contributed by atoms with Gasteiger partial charge in [-0.25, -0.2) is 0 Å². The average Bonchev–Trinajstić information content (AvgIpc) is 3.11. The van der Waals surface area contributed by atoms with Crippen molar-refractivity contribution in [3.63, 3.8) is 0 Å². The maximum Gasteiger partial charge on any atom is 0.255 e. The number of allylic oxidation sites excluding steroid dienone is 1. The highest BCUT2D eigenvalue weighted by Crippen LogP contribution is 2.34. The van der Waals surface area contributed by atoms with Gasteiger partial charge in [-0.05, 0) is 48.7 Å². The maximum absolute atomic E-state index is 12.8. The summed E-state index contributed by atoms with van der Waals surface area (Å²) in [5.74, 6) is 0.877. The van der Waals surface area contributed by atoms with Crippen molar-refractivity contribution in [2.24, 2.45) is 0 Å². The number of fused-ring (bicyclic) bond motifs is 1. The van der Waals surface area contributed by atoms with Crippen LogP contribution in [0.25, 0.3) is 0 Å². The molecule has 0 saturated carbocycles. The van der Waals surface area contributed by atoms with Crippen molar-refractivity contribution in [3.8, 4) is 11.5 Å². The van der Waals surface area contributed by atoms with Gasteiger partial charge in [-0.3, -0.25) is 9.59 Å². The largest absolute Gasteiger partial charge is 0.493 e. The lowest BCUT2D eigenvalue weighted by Gasteiger charge is -2.16. The van der Waals surface area contributed by atoms with Crippen LogP contribution in [-0.2, 0) is 17.6 Å². The summed E-state index contributed by atoms with van der Waals surface area (Å²) in [7, 11) is 3.11. The number of amides is 2. The van der Waals surface area contributed by atoms with Crippen LogP contribution in [0.4, 0.5) is 11.4 Å². The van der Waals surface area contributed by atoms with Crippen LogP contribution in [-0.4, -0.2) is 32.6 Å². The van der Waals surface area contributed by atoms with Gasteiger partial charge >= 0.3 is 0 Å². The number of anilines is 2. The first kappa shape index (κ1) is 19.5. The van der Waals surface area contributed by atoms with Gasteiger partial charge in [0.15, 0.2) is 11.5 Å². The van der Waals surface area contributed by atoms with E-state index in [1.807, 2.05) is 18.2 Å². The molecule has 0 unspecified atom stereocenters. The van der Waals surface area contributed by atoms with E-state index in [0.717, 1.165) is 23.2 Å². The molecule has 0 aliphatic carbocycles. The normalized spacial score (nSPS) is 12.3. The lowest BCUT2D eigenvalue weighted by atomic mass is 10.0. The second-order valence-electron chi connectivity index (χ2n) is 6.58. The van der Waals surface area contributed by atoms with E-state index in [0.29, 0.717) is 35.7 Å². The van der Waals surface area contributed by atoms with E-state index in [1.54, 1.807) is 44.3 Å². The molecule has 2 aromatic carbocycles. The Balaban J connectivity index is 1.86. The summed E-state index contributed by atoms with van der Waals surface area (Å²) in [5.41, 5.74) is 3.94. The van der Waals surface area contributed by atoms with Gasteiger partial charge in [0.25, 0.3) is 5.91 Å². The summed E-state index contributed by atoms with van der Waals surface area (Å²) in [4.78, 5) is 26.2. The van der Waals surface area contributed by atoms with Crippen LogP contribution in [0.5, 0.6) is 11.5 Å². The van der Waals surface area contributed by atoms with E-state index in [9.17, 15) is 9.59 Å². The number of rotatable bonds is 6. The van der Waals surface area contributed by atoms with Crippen molar-refractivity contribution < 1.29 is 19.1 Å². The van der Waals surface area contributed by atoms with Crippen molar-refractivity contribution in [2.75, 3.05) is 31.0 Å². The summed E-state index contributed by atoms with van der Waals surface area (Å²) in [6.45, 7) is 5.98. The molecule has 6 heteroatoms. The molecular weight excluding hydrogens is 356 g/mol. The topological polar surface area (TPSA) is 67.9 Å². The molecule has 6 nitrogen and oxygen atoms in total. The molecule has 0 atom stereocenters. The number of ether oxygens (including phenoxy) is 2. The van der Waals surface area contributed by atoms with Crippen LogP contribution in [0, 0.1) is 0 Å². The first-order valence-corrected chi connectivity index (χ1v) is 9.06. The van der Waals surface area contributed by atoms with Gasteiger partial charge < -0.3 is 19.7 Å². The third-order valence-electron chi connectivity index (χ3n) is 4.80. The summed E-state index contributed by atoms with van der Waals surface area (Å²) in [5, 5.41) is 2.93. The Hall–Kier alpha value is -3.28. The number of benzene rings is 2. The predicted molar refractivity (Wildman–Crippen MR) is 110 cm³/mol. The summed E-state index contributed by atoms with van der Waals surface area (Å²) in [6.07, 6.45) is 3.08. The quantitative estimate of drug-likeness (QED) is 0.778. The number of nitrogens with zero attached hydrogens (tertiary/aromatic N) is 1. The zero-order chi connectivity index (χ0) is 20.3. The smallest absolute Gasteiger partial charge is 0.255 e. The molecule has 2 amide bonds. The fourth-order valence-corrected chi connectivity index (χ4v) is 3.49. The maximum atomic E-state index is 12.8. The zero-order valence-electron chi connectivity index (χ0n) is 16.4. The minimum Gasteiger partial charge on any atom is -0.493 e. The first-order chi connectivity index (χ1) is 13.5. The average molecular weight is 380 g/mol. The third kappa shape index (κ3) is 3.71. The highest BCUT2D eigenvalue weighted by atomic mass is 16.5. The Labute approximate surface area is 164 Å². The van der Waals surface area contributed by atoms with Crippen LogP contribution < -0.4 is 19.7 Å². The van der Waals surface area contributed by atoms with Gasteiger partial charge in [-0.15, -0.1) is 6.58 Å². The molecule has 0 bridgehead atoms. The van der Waals surface area contributed by atoms with Crippen molar-refractivity contribution in [2.45, 2.75) is 19.8 Å². The Morgan fingerprint density at radius 1 is 1.21 bits per heavy atom. The van der Waals surface area contributed by atoms with E-state index in [-0.39, 0.29) is 11.8 Å². The van der Waals surface area contributed by atoms with Crippen molar-refractivity contribution in [1.29, 1.82) is 0 Å². The van der Waals surface area contributed by atoms with Gasteiger partial charge in [-0.1, -0.05) is 6.08 Å². The first-order valence-electron chi connectivity index (χ1n) is 9.06. The van der Waals surface area contributed by atoms with Crippen LogP contribution in [0.1, 0.15) is 28.4 Å². The van der Waals surface area contributed by atoms with Gasteiger partial charge in [0.1, 0.15) is 0 Å². The summed E-state index contributed by atoms with van der Waals surface area (Å²) >= 11 is 0. The van der Waals surface area contributed by atoms with Crippen LogP contribution in [0.3, 0.4) is 0 Å². The lowest BCUT2D eigenvalue weighted by Crippen LogP contribution is -2.25. The van der Waals surface area contributed by atoms with E-state index in [2.05, 4.69) is 11.9 Å². The fourth-order valence-electron chi connectivity index (χ4n) is 3.49. The molecule has 146 valence electrons. The zero-order valence-corrected chi connectivity index (χ0v) is 16.4. The van der Waals surface area contributed by atoms with Crippen molar-refractivity contribution in [1.82, 2.24) is 0 Å². The highest BCUT2D eigenvalue weighted by Gasteiger charge is 2.22. The van der Waals surface area contributed by atoms with Crippen molar-refractivity contribution >= 4 is 23.2 Å². The second-order valence-corrected chi connectivity index (χ2v) is 6.58. The molecule has 0 saturated heterocycles. The number of nitrogens with one attached hydrogen (secondary N) is 1. The Kier molecular flexibility index (Phi) is 5.68. The molecular formula is C22H24N2O4. The molecule has 0 spiro atoms. The number of carbonyl (C=O) groups is 2. The third-order valence-corrected chi connectivity index (χ3v) is 4.80. The van der Waals surface area contributed by atoms with Gasteiger partial charge in [0, 0.05) is 36.0 Å². The highest BCUT2D eigenvalue weighted by molar-refractivity contribution is 6.05. The number of carbonyl (C=O) groups excluding carboxylic acids is 2. The van der Waals surface area contributed by atoms with E-state index in [4.69, 9.17) is 9.47 Å². The lowest BCUT2D eigenvalue weighted by molar-refractivity contribution is -0.116. The van der Waals surface area contributed by atoms with Crippen LogP contribution in [0.2, 0.25) is 0 Å². The van der Waals surface area contributed by atoms with E-state index >= 15 is 0 Å². The number of methoxy groups -OCH3 is 2. The summed E-state index contributed by atoms with van der Waals surface area (Å²) < 4.78 is 10.8. The van der Waals surface area contributed by atoms with E-state index < -0.39 is 0 Å². The van der Waals surface area contributed by atoms with Crippen LogP contribution in [0.15, 0.2) is 43.0 Å². The SMILES string of the molecule is C=CCc1cc(C(=O)Nc2ccc3c(c2)CCN3C(C)=O)cc(OC)c1OC. The van der Waals surface area contributed by atoms with Gasteiger partial charge in [0.2, 0.25) is 5.91 Å². The Bertz CT molecular complexity index is 936. The molecule has 0 radical (unpaired) electrons. The van der Waals surface area contributed by atoms with Gasteiger partial charge in [-0.2, -0.15) is 0 Å². The monoisotopic (exact) mass is 380 g/mol. The standard InChI is InChI=1S/C22H24N2O4/c1-5-6-16-11-17(13-20(27-3)21(16)28-4)22(26)23-18-7-8-19-15(12-18)9-10-24(19)14(2)25/h5,7-8,11-13H,1,6,9-10H2,2-4H3,(H,23,26). The molecule has 1 aliphatic rings. The fraction of sp³-hybridized carbons (Fsp3) is 0.273. The molecule has 2 aromatic rings. The molecule has 1 aliphatic heterocycles. The molecule has 0 aromatic heterocycles. The molecule has 1 N–H and O–H groups in total. The molecule has 0 fully saturated rings.